The molecule has 1 N–H and O–H groups in total. The van der Waals surface area contributed by atoms with Gasteiger partial charge in [0.1, 0.15) is 5.56 Å². The van der Waals surface area contributed by atoms with Crippen molar-refractivity contribution in [1.82, 2.24) is 4.57 Å². The van der Waals surface area contributed by atoms with Crippen molar-refractivity contribution in [3.05, 3.63) is 52.3 Å². The molecule has 0 unspecified atom stereocenters. The first-order valence-corrected chi connectivity index (χ1v) is 6.71. The third-order valence-electron chi connectivity index (χ3n) is 2.99. The van der Waals surface area contributed by atoms with Gasteiger partial charge in [-0.1, -0.05) is 17.7 Å². The summed E-state index contributed by atoms with van der Waals surface area (Å²) >= 11 is 5.96. The SMILES string of the molecule is CCOC(=O)c1cc(C)n(-c2cccc(Cl)c2C(=O)O)c1. The van der Waals surface area contributed by atoms with Crippen LogP contribution in [0, 0.1) is 6.92 Å². The number of hydrogen-bond acceptors (Lipinski definition) is 3. The van der Waals surface area contributed by atoms with E-state index >= 15 is 0 Å². The Morgan fingerprint density at radius 2 is 2.10 bits per heavy atom. The van der Waals surface area contributed by atoms with Crippen LogP contribution in [0.2, 0.25) is 5.02 Å². The zero-order valence-electron chi connectivity index (χ0n) is 11.6. The molecule has 5 nitrogen and oxygen atoms in total. The van der Waals surface area contributed by atoms with Crippen molar-refractivity contribution in [3.63, 3.8) is 0 Å². The number of rotatable bonds is 4. The van der Waals surface area contributed by atoms with Crippen LogP contribution in [0.25, 0.3) is 5.69 Å². The second kappa shape index (κ2) is 6.01. The lowest BCUT2D eigenvalue weighted by molar-refractivity contribution is 0.0526. The van der Waals surface area contributed by atoms with Gasteiger partial charge in [0.05, 0.1) is 22.9 Å². The van der Waals surface area contributed by atoms with Crippen LogP contribution in [0.4, 0.5) is 0 Å². The fraction of sp³-hybridized carbons (Fsp3) is 0.200. The molecule has 21 heavy (non-hydrogen) atoms. The number of ether oxygens (including phenoxy) is 1. The van der Waals surface area contributed by atoms with Crippen LogP contribution in [0.5, 0.6) is 0 Å². The molecule has 1 aromatic carbocycles. The van der Waals surface area contributed by atoms with E-state index in [0.717, 1.165) is 0 Å². The third kappa shape index (κ3) is 2.92. The Balaban J connectivity index is 2.56. The molecular formula is C15H14ClNO4. The normalized spacial score (nSPS) is 10.4. The van der Waals surface area contributed by atoms with Gasteiger partial charge in [0, 0.05) is 11.9 Å². The summed E-state index contributed by atoms with van der Waals surface area (Å²) < 4.78 is 6.55. The monoisotopic (exact) mass is 307 g/mol. The average Bonchev–Trinajstić information content (AvgIpc) is 2.80. The molecule has 0 spiro atoms. The highest BCUT2D eigenvalue weighted by molar-refractivity contribution is 6.34. The van der Waals surface area contributed by atoms with Gasteiger partial charge < -0.3 is 14.4 Å². The molecule has 0 bridgehead atoms. The smallest absolute Gasteiger partial charge is 0.339 e. The van der Waals surface area contributed by atoms with Gasteiger partial charge in [0.25, 0.3) is 0 Å². The van der Waals surface area contributed by atoms with Gasteiger partial charge in [-0.25, -0.2) is 9.59 Å². The largest absolute Gasteiger partial charge is 0.478 e. The Labute approximate surface area is 126 Å². The van der Waals surface area contributed by atoms with E-state index in [1.54, 1.807) is 42.8 Å². The molecule has 1 heterocycles. The molecule has 0 atom stereocenters. The van der Waals surface area contributed by atoms with Crippen molar-refractivity contribution in [1.29, 1.82) is 0 Å². The predicted octanol–water partition coefficient (Wildman–Crippen LogP) is 3.31. The molecule has 0 saturated heterocycles. The van der Waals surface area contributed by atoms with E-state index in [-0.39, 0.29) is 17.2 Å². The van der Waals surface area contributed by atoms with Gasteiger partial charge >= 0.3 is 11.9 Å². The molecule has 110 valence electrons. The molecule has 0 fully saturated rings. The number of nitrogens with zero attached hydrogens (tertiary/aromatic N) is 1. The number of carbonyl (C=O) groups excluding carboxylic acids is 1. The van der Waals surface area contributed by atoms with E-state index in [1.807, 2.05) is 0 Å². The number of halogens is 1. The first-order chi connectivity index (χ1) is 9.95. The topological polar surface area (TPSA) is 68.5 Å². The quantitative estimate of drug-likeness (QED) is 0.880. The van der Waals surface area contributed by atoms with Gasteiger partial charge in [-0.15, -0.1) is 0 Å². The Morgan fingerprint density at radius 1 is 1.38 bits per heavy atom. The number of aryl methyl sites for hydroxylation is 1. The highest BCUT2D eigenvalue weighted by Gasteiger charge is 2.18. The summed E-state index contributed by atoms with van der Waals surface area (Å²) in [6.07, 6.45) is 1.55. The summed E-state index contributed by atoms with van der Waals surface area (Å²) in [5.74, 6) is -1.57. The van der Waals surface area contributed by atoms with Crippen LogP contribution < -0.4 is 0 Å². The number of aromatic nitrogens is 1. The Morgan fingerprint density at radius 3 is 2.71 bits per heavy atom. The summed E-state index contributed by atoms with van der Waals surface area (Å²) in [7, 11) is 0. The number of esters is 1. The molecular weight excluding hydrogens is 294 g/mol. The van der Waals surface area contributed by atoms with Crippen LogP contribution in [0.3, 0.4) is 0 Å². The van der Waals surface area contributed by atoms with Crippen molar-refractivity contribution in [2.75, 3.05) is 6.61 Å². The van der Waals surface area contributed by atoms with Gasteiger partial charge in [-0.05, 0) is 32.0 Å². The first kappa shape index (κ1) is 15.1. The Hall–Kier alpha value is -2.27. The second-order valence-electron chi connectivity index (χ2n) is 4.40. The number of carboxylic acid groups (broad SMARTS) is 1. The van der Waals surface area contributed by atoms with E-state index in [9.17, 15) is 14.7 Å². The molecule has 0 aliphatic rings. The van der Waals surface area contributed by atoms with E-state index in [4.69, 9.17) is 16.3 Å². The summed E-state index contributed by atoms with van der Waals surface area (Å²) in [6, 6.07) is 6.45. The predicted molar refractivity (Wildman–Crippen MR) is 78.4 cm³/mol. The number of carbonyl (C=O) groups is 2. The molecule has 2 aromatic rings. The molecule has 1 aromatic heterocycles. The maximum absolute atomic E-state index is 11.7. The Kier molecular flexibility index (Phi) is 4.33. The summed E-state index contributed by atoms with van der Waals surface area (Å²) in [4.78, 5) is 23.1. The molecule has 0 amide bonds. The maximum atomic E-state index is 11.7. The van der Waals surface area contributed by atoms with Crippen LogP contribution in [0.1, 0.15) is 33.3 Å². The van der Waals surface area contributed by atoms with Crippen molar-refractivity contribution < 1.29 is 19.4 Å². The summed E-state index contributed by atoms with van der Waals surface area (Å²) in [5, 5.41) is 9.45. The van der Waals surface area contributed by atoms with Crippen LogP contribution >= 0.6 is 11.6 Å². The Bertz CT molecular complexity index is 706. The highest BCUT2D eigenvalue weighted by Crippen LogP contribution is 2.25. The average molecular weight is 308 g/mol. The lowest BCUT2D eigenvalue weighted by Gasteiger charge is -2.10. The minimum Gasteiger partial charge on any atom is -0.478 e. The summed E-state index contributed by atoms with van der Waals surface area (Å²) in [6.45, 7) is 3.77. The third-order valence-corrected chi connectivity index (χ3v) is 3.30. The lowest BCUT2D eigenvalue weighted by Crippen LogP contribution is -2.07. The first-order valence-electron chi connectivity index (χ1n) is 6.34. The van der Waals surface area contributed by atoms with E-state index in [1.165, 1.54) is 6.07 Å². The molecule has 0 radical (unpaired) electrons. The van der Waals surface area contributed by atoms with Crippen molar-refractivity contribution >= 4 is 23.5 Å². The fourth-order valence-corrected chi connectivity index (χ4v) is 2.33. The number of benzene rings is 1. The number of hydrogen-bond donors (Lipinski definition) is 1. The van der Waals surface area contributed by atoms with E-state index < -0.39 is 11.9 Å². The van der Waals surface area contributed by atoms with Crippen LogP contribution in [-0.2, 0) is 4.74 Å². The van der Waals surface area contributed by atoms with Gasteiger partial charge in [0.2, 0.25) is 0 Å². The zero-order valence-corrected chi connectivity index (χ0v) is 12.3. The minimum absolute atomic E-state index is 0.00623. The fourth-order valence-electron chi connectivity index (χ4n) is 2.08. The molecule has 2 rings (SSSR count). The van der Waals surface area contributed by atoms with Crippen molar-refractivity contribution in [2.45, 2.75) is 13.8 Å². The van der Waals surface area contributed by atoms with Crippen LogP contribution in [0.15, 0.2) is 30.5 Å². The van der Waals surface area contributed by atoms with Gasteiger partial charge in [0.15, 0.2) is 0 Å². The van der Waals surface area contributed by atoms with Crippen molar-refractivity contribution in [3.8, 4) is 5.69 Å². The maximum Gasteiger partial charge on any atom is 0.339 e. The standard InChI is InChI=1S/C15H14ClNO4/c1-3-21-15(20)10-7-9(2)17(8-10)12-6-4-5-11(16)13(12)14(18)19/h4-8H,3H2,1-2H3,(H,18,19). The second-order valence-corrected chi connectivity index (χ2v) is 4.81. The molecule has 6 heteroatoms. The van der Waals surface area contributed by atoms with Gasteiger partial charge in [-0.3, -0.25) is 0 Å². The lowest BCUT2D eigenvalue weighted by atomic mass is 10.1. The van der Waals surface area contributed by atoms with Crippen molar-refractivity contribution in [2.24, 2.45) is 0 Å². The summed E-state index contributed by atoms with van der Waals surface area (Å²) in [5.41, 5.74) is 1.48. The highest BCUT2D eigenvalue weighted by atomic mass is 35.5. The number of carboxylic acids is 1. The minimum atomic E-state index is -1.12. The molecule has 0 saturated carbocycles. The molecule has 0 aliphatic carbocycles. The van der Waals surface area contributed by atoms with E-state index in [0.29, 0.717) is 16.9 Å². The van der Waals surface area contributed by atoms with Gasteiger partial charge in [-0.2, -0.15) is 0 Å². The molecule has 0 aliphatic heterocycles. The number of aromatic carboxylic acids is 1. The zero-order chi connectivity index (χ0) is 15.6. The van der Waals surface area contributed by atoms with E-state index in [2.05, 4.69) is 0 Å². The van der Waals surface area contributed by atoms with Crippen LogP contribution in [-0.4, -0.2) is 28.2 Å².